The zero-order valence-electron chi connectivity index (χ0n) is 8.41. The van der Waals surface area contributed by atoms with E-state index in [1.807, 2.05) is 23.5 Å². The Morgan fingerprint density at radius 3 is 2.23 bits per heavy atom. The molecule has 0 amide bonds. The van der Waals surface area contributed by atoms with Crippen molar-refractivity contribution in [2.45, 2.75) is 12.2 Å². The van der Waals surface area contributed by atoms with Gasteiger partial charge < -0.3 is 0 Å². The fourth-order valence-electron chi connectivity index (χ4n) is 1.23. The van der Waals surface area contributed by atoms with Gasteiger partial charge in [0.1, 0.15) is 0 Å². The van der Waals surface area contributed by atoms with Crippen LogP contribution in [-0.4, -0.2) is 18.3 Å². The van der Waals surface area contributed by atoms with Gasteiger partial charge in [-0.2, -0.15) is 23.5 Å². The third kappa shape index (κ3) is 3.28. The first kappa shape index (κ1) is 11.0. The van der Waals surface area contributed by atoms with Gasteiger partial charge in [-0.3, -0.25) is 0 Å². The van der Waals surface area contributed by atoms with Crippen molar-refractivity contribution < 1.29 is 0 Å². The Kier molecular flexibility index (Phi) is 4.74. The third-order valence-corrected chi connectivity index (χ3v) is 3.94. The van der Waals surface area contributed by atoms with Crippen LogP contribution in [0.5, 0.6) is 0 Å². The summed E-state index contributed by atoms with van der Waals surface area (Å²) in [6.07, 6.45) is 4.35. The lowest BCUT2D eigenvalue weighted by atomic mass is 10.1. The summed E-state index contributed by atoms with van der Waals surface area (Å²) >= 11 is 3.85. The zero-order valence-corrected chi connectivity index (χ0v) is 10.0. The quantitative estimate of drug-likeness (QED) is 0.745. The number of hydrogen-bond donors (Lipinski definition) is 0. The van der Waals surface area contributed by atoms with E-state index in [-0.39, 0.29) is 0 Å². The van der Waals surface area contributed by atoms with E-state index in [4.69, 9.17) is 0 Å². The van der Waals surface area contributed by atoms with Crippen molar-refractivity contribution in [3.63, 3.8) is 0 Å². The summed E-state index contributed by atoms with van der Waals surface area (Å²) in [4.78, 5) is 0. The Morgan fingerprint density at radius 1 is 1.15 bits per heavy atom. The number of hydrogen-bond acceptors (Lipinski definition) is 2. The molecule has 0 heterocycles. The molecule has 0 fully saturated rings. The molecule has 0 saturated heterocycles. The minimum absolute atomic E-state index is 0.649. The van der Waals surface area contributed by atoms with Crippen molar-refractivity contribution in [1.82, 2.24) is 0 Å². The second-order valence-corrected chi connectivity index (χ2v) is 5.04. The van der Waals surface area contributed by atoms with Gasteiger partial charge in [0.05, 0.1) is 0 Å². The Labute approximate surface area is 89.5 Å². The molecular weight excluding hydrogens is 196 g/mol. The highest BCUT2D eigenvalue weighted by Gasteiger charge is 2.07. The first-order valence-corrected chi connectivity index (χ1v) is 7.04. The first-order chi connectivity index (χ1) is 6.27. The molecule has 0 aliphatic heterocycles. The maximum Gasteiger partial charge on any atom is 0.0384 e. The lowest BCUT2D eigenvalue weighted by Gasteiger charge is -2.13. The average Bonchev–Trinajstić information content (AvgIpc) is 2.16. The molecule has 1 rings (SSSR count). The summed E-state index contributed by atoms with van der Waals surface area (Å²) in [5.41, 5.74) is 2.79. The summed E-state index contributed by atoms with van der Waals surface area (Å²) in [5.74, 6) is 1.20. The molecular formula is C11H16S2. The van der Waals surface area contributed by atoms with Crippen molar-refractivity contribution >= 4 is 23.5 Å². The molecule has 1 aromatic carbocycles. The monoisotopic (exact) mass is 212 g/mol. The maximum absolute atomic E-state index is 2.24. The van der Waals surface area contributed by atoms with Crippen LogP contribution in [0.1, 0.15) is 16.4 Å². The molecule has 0 spiro atoms. The van der Waals surface area contributed by atoms with Gasteiger partial charge in [0, 0.05) is 11.0 Å². The third-order valence-electron chi connectivity index (χ3n) is 2.05. The Morgan fingerprint density at radius 2 is 1.77 bits per heavy atom. The Balaban J connectivity index is 2.73. The van der Waals surface area contributed by atoms with E-state index in [0.29, 0.717) is 5.25 Å². The summed E-state index contributed by atoms with van der Waals surface area (Å²) in [6.45, 7) is 2.13. The van der Waals surface area contributed by atoms with Crippen LogP contribution in [0.4, 0.5) is 0 Å². The molecule has 1 unspecified atom stereocenters. The van der Waals surface area contributed by atoms with Gasteiger partial charge in [-0.15, -0.1) is 0 Å². The lowest BCUT2D eigenvalue weighted by molar-refractivity contribution is 1.12. The highest BCUT2D eigenvalue weighted by atomic mass is 32.2. The number of benzene rings is 1. The highest BCUT2D eigenvalue weighted by Crippen LogP contribution is 2.29. The molecule has 0 aliphatic rings. The molecule has 2 heteroatoms. The van der Waals surface area contributed by atoms with Crippen LogP contribution in [-0.2, 0) is 0 Å². The topological polar surface area (TPSA) is 0 Å². The molecule has 0 N–H and O–H groups in total. The van der Waals surface area contributed by atoms with E-state index in [9.17, 15) is 0 Å². The Bertz CT molecular complexity index is 241. The summed E-state index contributed by atoms with van der Waals surface area (Å²) < 4.78 is 0. The summed E-state index contributed by atoms with van der Waals surface area (Å²) in [6, 6.07) is 8.87. The molecule has 0 aliphatic carbocycles. The van der Waals surface area contributed by atoms with Crippen molar-refractivity contribution in [2.24, 2.45) is 0 Å². The number of thioether (sulfide) groups is 2. The maximum atomic E-state index is 2.24. The predicted octanol–water partition coefficient (Wildman–Crippen LogP) is 3.76. The van der Waals surface area contributed by atoms with Crippen LogP contribution in [0, 0.1) is 6.92 Å². The number of rotatable bonds is 4. The van der Waals surface area contributed by atoms with Gasteiger partial charge in [-0.05, 0) is 25.0 Å². The first-order valence-electron chi connectivity index (χ1n) is 4.36. The van der Waals surface area contributed by atoms with Crippen molar-refractivity contribution in [1.29, 1.82) is 0 Å². The van der Waals surface area contributed by atoms with Crippen LogP contribution in [0.15, 0.2) is 24.3 Å². The van der Waals surface area contributed by atoms with Crippen LogP contribution in [0.2, 0.25) is 0 Å². The molecule has 72 valence electrons. The fourth-order valence-corrected chi connectivity index (χ4v) is 3.11. The molecule has 1 aromatic rings. The van der Waals surface area contributed by atoms with E-state index in [2.05, 4.69) is 43.7 Å². The minimum atomic E-state index is 0.649. The standard InChI is InChI=1S/C11H16S2/c1-9-4-6-10(7-5-9)11(13-3)8-12-2/h4-7,11H,8H2,1-3H3. The van der Waals surface area contributed by atoms with Gasteiger partial charge in [-0.1, -0.05) is 29.8 Å². The van der Waals surface area contributed by atoms with Gasteiger partial charge in [0.15, 0.2) is 0 Å². The molecule has 0 bridgehead atoms. The van der Waals surface area contributed by atoms with Gasteiger partial charge in [0.2, 0.25) is 0 Å². The number of aryl methyl sites for hydroxylation is 1. The molecule has 1 atom stereocenters. The van der Waals surface area contributed by atoms with Crippen LogP contribution in [0.3, 0.4) is 0 Å². The van der Waals surface area contributed by atoms with Crippen molar-refractivity contribution in [2.75, 3.05) is 18.3 Å². The molecule has 0 nitrogen and oxygen atoms in total. The lowest BCUT2D eigenvalue weighted by Crippen LogP contribution is -1.96. The largest absolute Gasteiger partial charge is 0.164 e. The van der Waals surface area contributed by atoms with Gasteiger partial charge in [0.25, 0.3) is 0 Å². The van der Waals surface area contributed by atoms with Crippen LogP contribution < -0.4 is 0 Å². The minimum Gasteiger partial charge on any atom is -0.164 e. The van der Waals surface area contributed by atoms with Gasteiger partial charge in [-0.25, -0.2) is 0 Å². The summed E-state index contributed by atoms with van der Waals surface area (Å²) in [5, 5.41) is 0.649. The van der Waals surface area contributed by atoms with E-state index < -0.39 is 0 Å². The average molecular weight is 212 g/mol. The highest BCUT2D eigenvalue weighted by molar-refractivity contribution is 8.02. The second kappa shape index (κ2) is 5.61. The van der Waals surface area contributed by atoms with Crippen molar-refractivity contribution in [3.05, 3.63) is 35.4 Å². The zero-order chi connectivity index (χ0) is 9.68. The molecule has 13 heavy (non-hydrogen) atoms. The normalized spacial score (nSPS) is 12.8. The van der Waals surface area contributed by atoms with Gasteiger partial charge >= 0.3 is 0 Å². The molecule has 0 saturated carbocycles. The second-order valence-electron chi connectivity index (χ2n) is 3.09. The molecule has 0 radical (unpaired) electrons. The molecule has 0 aromatic heterocycles. The fraction of sp³-hybridized carbons (Fsp3) is 0.455. The predicted molar refractivity (Wildman–Crippen MR) is 65.8 cm³/mol. The van der Waals surface area contributed by atoms with E-state index in [0.717, 1.165) is 0 Å². The van der Waals surface area contributed by atoms with Crippen molar-refractivity contribution in [3.8, 4) is 0 Å². The van der Waals surface area contributed by atoms with E-state index in [1.54, 1.807) is 0 Å². The van der Waals surface area contributed by atoms with Crippen LogP contribution >= 0.6 is 23.5 Å². The Hall–Kier alpha value is -0.0800. The SMILES string of the molecule is CSCC(SC)c1ccc(C)cc1. The smallest absolute Gasteiger partial charge is 0.0384 e. The van der Waals surface area contributed by atoms with E-state index >= 15 is 0 Å². The van der Waals surface area contributed by atoms with Crippen LogP contribution in [0.25, 0.3) is 0 Å². The van der Waals surface area contributed by atoms with E-state index in [1.165, 1.54) is 16.9 Å². The summed E-state index contributed by atoms with van der Waals surface area (Å²) in [7, 11) is 0.